The Morgan fingerprint density at radius 3 is 1.92 bits per heavy atom. The molecule has 2 rings (SSSR count). The molecular formula is C23H29P. The Labute approximate surface area is 148 Å². The van der Waals surface area contributed by atoms with Crippen molar-refractivity contribution in [2.24, 2.45) is 0 Å². The summed E-state index contributed by atoms with van der Waals surface area (Å²) in [5.74, 6) is 0. The second-order valence-corrected chi connectivity index (χ2v) is 10.1. The molecule has 0 aromatic heterocycles. The molecule has 0 aliphatic rings. The van der Waals surface area contributed by atoms with E-state index in [1.54, 1.807) is 0 Å². The summed E-state index contributed by atoms with van der Waals surface area (Å²) in [6.07, 6.45) is 12.3. The summed E-state index contributed by atoms with van der Waals surface area (Å²) < 4.78 is 0. The zero-order chi connectivity index (χ0) is 17.3. The average molecular weight is 336 g/mol. The number of unbranched alkanes of at least 4 members (excludes halogenated alkanes) is 1. The number of allylic oxidation sites excluding steroid dienone is 5. The molecule has 0 radical (unpaired) electrons. The van der Waals surface area contributed by atoms with E-state index in [9.17, 15) is 0 Å². The Morgan fingerprint density at radius 2 is 1.50 bits per heavy atom. The molecule has 0 bridgehead atoms. The van der Waals surface area contributed by atoms with Crippen molar-refractivity contribution in [3.8, 4) is 0 Å². The van der Waals surface area contributed by atoms with Crippen LogP contribution in [0.4, 0.5) is 0 Å². The molecule has 0 N–H and O–H groups in total. The first-order valence-electron chi connectivity index (χ1n) is 8.86. The van der Waals surface area contributed by atoms with Gasteiger partial charge in [-0.1, -0.05) is 0 Å². The van der Waals surface area contributed by atoms with Crippen LogP contribution >= 0.6 is 7.26 Å². The molecule has 2 aromatic rings. The average Bonchev–Trinajstić information content (AvgIpc) is 2.64. The van der Waals surface area contributed by atoms with Crippen molar-refractivity contribution < 1.29 is 0 Å². The Bertz CT molecular complexity index is 641. The van der Waals surface area contributed by atoms with E-state index in [2.05, 4.69) is 99.3 Å². The zero-order valence-corrected chi connectivity index (χ0v) is 15.9. The van der Waals surface area contributed by atoms with Crippen molar-refractivity contribution in [3.05, 3.63) is 96.9 Å². The maximum atomic E-state index is 3.98. The van der Waals surface area contributed by atoms with Crippen molar-refractivity contribution in [2.45, 2.75) is 26.7 Å². The van der Waals surface area contributed by atoms with Gasteiger partial charge in [-0.05, 0) is 0 Å². The summed E-state index contributed by atoms with van der Waals surface area (Å²) in [5.41, 5.74) is 0. The van der Waals surface area contributed by atoms with Crippen molar-refractivity contribution in [1.82, 2.24) is 0 Å². The number of hydrogen-bond acceptors (Lipinski definition) is 0. The van der Waals surface area contributed by atoms with Crippen molar-refractivity contribution in [2.75, 3.05) is 6.16 Å². The van der Waals surface area contributed by atoms with Gasteiger partial charge in [0.2, 0.25) is 0 Å². The third-order valence-corrected chi connectivity index (χ3v) is 9.64. The predicted molar refractivity (Wildman–Crippen MR) is 113 cm³/mol. The molecule has 1 heteroatoms. The van der Waals surface area contributed by atoms with E-state index >= 15 is 0 Å². The van der Waals surface area contributed by atoms with Gasteiger partial charge in [0.15, 0.2) is 0 Å². The van der Waals surface area contributed by atoms with Gasteiger partial charge in [-0.2, -0.15) is 0 Å². The number of hydrogen-bond donors (Lipinski definition) is 0. The van der Waals surface area contributed by atoms with Gasteiger partial charge >= 0.3 is 148 Å². The summed E-state index contributed by atoms with van der Waals surface area (Å²) in [5, 5.41) is 4.40. The van der Waals surface area contributed by atoms with E-state index in [1.165, 1.54) is 34.9 Å². The van der Waals surface area contributed by atoms with E-state index in [1.807, 2.05) is 6.08 Å². The van der Waals surface area contributed by atoms with E-state index in [0.717, 1.165) is 0 Å². The van der Waals surface area contributed by atoms with Crippen LogP contribution in [0.2, 0.25) is 0 Å². The van der Waals surface area contributed by atoms with Gasteiger partial charge < -0.3 is 0 Å². The van der Waals surface area contributed by atoms with Gasteiger partial charge in [-0.15, -0.1) is 0 Å². The van der Waals surface area contributed by atoms with Gasteiger partial charge in [0.25, 0.3) is 0 Å². The fourth-order valence-corrected chi connectivity index (χ4v) is 8.59. The summed E-state index contributed by atoms with van der Waals surface area (Å²) >= 11 is 0. The third-order valence-electron chi connectivity index (χ3n) is 4.57. The summed E-state index contributed by atoms with van der Waals surface area (Å²) in [7, 11) is -2.04. The second-order valence-electron chi connectivity index (χ2n) is 6.10. The summed E-state index contributed by atoms with van der Waals surface area (Å²) in [6, 6.07) is 22.2. The molecule has 0 fully saturated rings. The van der Waals surface area contributed by atoms with Crippen LogP contribution in [0.1, 0.15) is 26.7 Å². The van der Waals surface area contributed by atoms with Crippen LogP contribution in [-0.2, 0) is 0 Å². The molecule has 126 valence electrons. The van der Waals surface area contributed by atoms with Crippen LogP contribution in [0.5, 0.6) is 0 Å². The summed E-state index contributed by atoms with van der Waals surface area (Å²) in [6.45, 7) is 8.36. The van der Waals surface area contributed by atoms with Crippen LogP contribution in [0.15, 0.2) is 96.9 Å². The topological polar surface area (TPSA) is 0 Å². The molecule has 2 aromatic carbocycles. The second kappa shape index (κ2) is 9.40. The molecule has 0 amide bonds. The molecule has 0 saturated heterocycles. The molecule has 0 spiro atoms. The van der Waals surface area contributed by atoms with Crippen LogP contribution in [0.25, 0.3) is 0 Å². The first kappa shape index (κ1) is 18.4. The monoisotopic (exact) mass is 336 g/mol. The van der Waals surface area contributed by atoms with E-state index in [0.29, 0.717) is 0 Å². The van der Waals surface area contributed by atoms with Crippen LogP contribution in [0.3, 0.4) is 0 Å². The summed E-state index contributed by atoms with van der Waals surface area (Å²) in [4.78, 5) is 0. The molecule has 0 nitrogen and oxygen atoms in total. The van der Waals surface area contributed by atoms with E-state index < -0.39 is 7.26 Å². The number of benzene rings is 2. The van der Waals surface area contributed by atoms with Gasteiger partial charge in [0.1, 0.15) is 0 Å². The first-order chi connectivity index (χ1) is 11.8. The Balaban J connectivity index is 2.77. The number of rotatable bonds is 8. The molecule has 0 atom stereocenters. The molecule has 0 unspecified atom stereocenters. The van der Waals surface area contributed by atoms with Gasteiger partial charge in [0, 0.05) is 0 Å². The quantitative estimate of drug-likeness (QED) is 0.420. The van der Waals surface area contributed by atoms with E-state index in [-0.39, 0.29) is 0 Å². The van der Waals surface area contributed by atoms with E-state index in [4.69, 9.17) is 0 Å². The van der Waals surface area contributed by atoms with Crippen molar-refractivity contribution in [1.29, 1.82) is 0 Å². The molecule has 24 heavy (non-hydrogen) atoms. The Kier molecular flexibility index (Phi) is 7.22. The van der Waals surface area contributed by atoms with Crippen LogP contribution in [-0.4, -0.2) is 6.16 Å². The molecule has 0 aliphatic carbocycles. The Hall–Kier alpha value is -1.91. The van der Waals surface area contributed by atoms with Gasteiger partial charge in [-0.3, -0.25) is 0 Å². The minimum absolute atomic E-state index is 1.21. The standard InChI is InChI=1S/C23H29P/c1-4-7-20-24(21(14-5-2)15-6-3,22-16-10-8-11-17-22)23-18-12-9-13-19-23/h5-6,8-19,24H,2,4,7,20H2,1,3H3/b15-6-,21-14+. The predicted octanol–water partition coefficient (Wildman–Crippen LogP) is 5.83. The zero-order valence-electron chi connectivity index (χ0n) is 14.9. The first-order valence-corrected chi connectivity index (χ1v) is 11.1. The van der Waals surface area contributed by atoms with Crippen molar-refractivity contribution >= 4 is 17.9 Å². The van der Waals surface area contributed by atoms with Crippen LogP contribution in [0, 0.1) is 0 Å². The molecule has 0 heterocycles. The maximum absolute atomic E-state index is 3.98. The van der Waals surface area contributed by atoms with Gasteiger partial charge in [-0.25, -0.2) is 0 Å². The molecule has 0 aliphatic heterocycles. The fraction of sp³-hybridized carbons (Fsp3) is 0.217. The third kappa shape index (κ3) is 3.94. The fourth-order valence-electron chi connectivity index (χ4n) is 3.47. The van der Waals surface area contributed by atoms with Gasteiger partial charge in [0.05, 0.1) is 0 Å². The molecular weight excluding hydrogens is 307 g/mol. The SMILES string of the molecule is C=C/C=C(\C=C/C)[PH](CCCC)(c1ccccc1)c1ccccc1. The van der Waals surface area contributed by atoms with Crippen molar-refractivity contribution in [3.63, 3.8) is 0 Å². The van der Waals surface area contributed by atoms with Crippen LogP contribution < -0.4 is 10.6 Å². The molecule has 0 saturated carbocycles. The minimum atomic E-state index is -2.04. The normalized spacial score (nSPS) is 13.2. The Morgan fingerprint density at radius 1 is 0.958 bits per heavy atom.